The van der Waals surface area contributed by atoms with Gasteiger partial charge in [0.2, 0.25) is 0 Å². The van der Waals surface area contributed by atoms with Gasteiger partial charge in [-0.05, 0) is 37.3 Å². The third kappa shape index (κ3) is 2.67. The van der Waals surface area contributed by atoms with Crippen molar-refractivity contribution in [2.24, 2.45) is 5.92 Å². The van der Waals surface area contributed by atoms with E-state index >= 15 is 0 Å². The van der Waals surface area contributed by atoms with E-state index in [2.05, 4.69) is 5.32 Å². The van der Waals surface area contributed by atoms with E-state index in [-0.39, 0.29) is 5.97 Å². The largest absolute Gasteiger partial charge is 0.497 e. The number of esters is 1. The van der Waals surface area contributed by atoms with Crippen LogP contribution in [0.25, 0.3) is 0 Å². The average molecular weight is 263 g/mol. The predicted molar refractivity (Wildman–Crippen MR) is 74.4 cm³/mol. The fourth-order valence-electron chi connectivity index (χ4n) is 2.56. The number of hydrogen-bond acceptors (Lipinski definition) is 4. The average Bonchev–Trinajstić information content (AvgIpc) is 3.29. The minimum absolute atomic E-state index is 0.180. The third-order valence-electron chi connectivity index (χ3n) is 3.82. The first-order valence-corrected chi connectivity index (χ1v) is 6.67. The summed E-state index contributed by atoms with van der Waals surface area (Å²) in [5.74, 6) is 0.951. The van der Waals surface area contributed by atoms with Crippen LogP contribution in [0.2, 0.25) is 0 Å². The molecule has 0 radical (unpaired) electrons. The van der Waals surface area contributed by atoms with Crippen LogP contribution in [-0.4, -0.2) is 25.7 Å². The van der Waals surface area contributed by atoms with E-state index in [1.807, 2.05) is 31.2 Å². The fraction of sp³-hybridized carbons (Fsp3) is 0.533. The number of nitrogens with one attached hydrogen (secondary N) is 1. The standard InChI is InChI=1S/C15H21NO3/c1-4-15(11-8-9-11,14(17)19-3)16-12-6-5-7-13(10-12)18-2/h5-7,10-11,16H,4,8-9H2,1-3H3. The van der Waals surface area contributed by atoms with Gasteiger partial charge in [0.05, 0.1) is 14.2 Å². The zero-order chi connectivity index (χ0) is 13.9. The molecule has 1 fully saturated rings. The first kappa shape index (κ1) is 13.7. The normalized spacial score (nSPS) is 17.4. The second-order valence-electron chi connectivity index (χ2n) is 4.95. The molecule has 4 heteroatoms. The number of carbonyl (C=O) groups is 1. The van der Waals surface area contributed by atoms with Crippen molar-refractivity contribution in [2.45, 2.75) is 31.7 Å². The first-order chi connectivity index (χ1) is 9.16. The number of ether oxygens (including phenoxy) is 2. The van der Waals surface area contributed by atoms with Gasteiger partial charge in [-0.3, -0.25) is 0 Å². The van der Waals surface area contributed by atoms with Crippen molar-refractivity contribution in [1.29, 1.82) is 0 Å². The molecule has 1 N–H and O–H groups in total. The molecule has 0 saturated heterocycles. The summed E-state index contributed by atoms with van der Waals surface area (Å²) in [5.41, 5.74) is 0.277. The van der Waals surface area contributed by atoms with Gasteiger partial charge in [0.15, 0.2) is 0 Å². The predicted octanol–water partition coefficient (Wildman–Crippen LogP) is 2.84. The molecule has 2 rings (SSSR count). The maximum Gasteiger partial charge on any atom is 0.331 e. The molecule has 1 aliphatic rings. The molecule has 0 aromatic heterocycles. The summed E-state index contributed by atoms with van der Waals surface area (Å²) in [6, 6.07) is 7.63. The Bertz CT molecular complexity index is 456. The quantitative estimate of drug-likeness (QED) is 0.802. The van der Waals surface area contributed by atoms with Crippen molar-refractivity contribution in [3.8, 4) is 5.75 Å². The molecule has 1 aromatic carbocycles. The molecule has 104 valence electrons. The highest BCUT2D eigenvalue weighted by atomic mass is 16.5. The lowest BCUT2D eigenvalue weighted by molar-refractivity contribution is -0.147. The summed E-state index contributed by atoms with van der Waals surface area (Å²) in [4.78, 5) is 12.2. The molecular weight excluding hydrogens is 242 g/mol. The van der Waals surface area contributed by atoms with Gasteiger partial charge in [-0.15, -0.1) is 0 Å². The molecule has 19 heavy (non-hydrogen) atoms. The second-order valence-corrected chi connectivity index (χ2v) is 4.95. The third-order valence-corrected chi connectivity index (χ3v) is 3.82. The Labute approximate surface area is 114 Å². The highest BCUT2D eigenvalue weighted by Crippen LogP contribution is 2.44. The number of hydrogen-bond donors (Lipinski definition) is 1. The summed E-state index contributed by atoms with van der Waals surface area (Å²) < 4.78 is 10.2. The van der Waals surface area contributed by atoms with Crippen molar-refractivity contribution >= 4 is 11.7 Å². The van der Waals surface area contributed by atoms with Crippen LogP contribution in [-0.2, 0) is 9.53 Å². The van der Waals surface area contributed by atoms with Crippen LogP contribution in [0.3, 0.4) is 0 Å². The number of carbonyl (C=O) groups excluding carboxylic acids is 1. The van der Waals surface area contributed by atoms with Gasteiger partial charge in [-0.1, -0.05) is 13.0 Å². The molecule has 0 spiro atoms. The lowest BCUT2D eigenvalue weighted by Crippen LogP contribution is -2.48. The Morgan fingerprint density at radius 1 is 1.42 bits per heavy atom. The highest BCUT2D eigenvalue weighted by molar-refractivity contribution is 5.85. The molecule has 0 bridgehead atoms. The Kier molecular flexibility index (Phi) is 3.98. The zero-order valence-electron chi connectivity index (χ0n) is 11.7. The Morgan fingerprint density at radius 3 is 2.68 bits per heavy atom. The van der Waals surface area contributed by atoms with Crippen molar-refractivity contribution in [3.05, 3.63) is 24.3 Å². The zero-order valence-corrected chi connectivity index (χ0v) is 11.7. The van der Waals surface area contributed by atoms with Crippen LogP contribution in [0.5, 0.6) is 5.75 Å². The monoisotopic (exact) mass is 263 g/mol. The molecule has 0 amide bonds. The van der Waals surface area contributed by atoms with Crippen LogP contribution in [0, 0.1) is 5.92 Å². The van der Waals surface area contributed by atoms with Crippen LogP contribution < -0.4 is 10.1 Å². The molecule has 0 aliphatic heterocycles. The maximum atomic E-state index is 12.2. The lowest BCUT2D eigenvalue weighted by atomic mass is 9.89. The molecule has 1 saturated carbocycles. The van der Waals surface area contributed by atoms with Gasteiger partial charge in [-0.2, -0.15) is 0 Å². The molecule has 1 atom stereocenters. The molecule has 4 nitrogen and oxygen atoms in total. The van der Waals surface area contributed by atoms with Gasteiger partial charge in [0.25, 0.3) is 0 Å². The van der Waals surface area contributed by atoms with Crippen LogP contribution in [0.15, 0.2) is 24.3 Å². The van der Waals surface area contributed by atoms with Gasteiger partial charge in [-0.25, -0.2) is 4.79 Å². The summed E-state index contributed by atoms with van der Waals surface area (Å²) >= 11 is 0. The highest BCUT2D eigenvalue weighted by Gasteiger charge is 2.50. The minimum atomic E-state index is -0.610. The van der Waals surface area contributed by atoms with Gasteiger partial charge in [0.1, 0.15) is 11.3 Å². The van der Waals surface area contributed by atoms with E-state index in [4.69, 9.17) is 9.47 Å². The van der Waals surface area contributed by atoms with Crippen LogP contribution >= 0.6 is 0 Å². The number of rotatable bonds is 6. The molecule has 1 aromatic rings. The van der Waals surface area contributed by atoms with Gasteiger partial charge in [0, 0.05) is 11.8 Å². The summed E-state index contributed by atoms with van der Waals surface area (Å²) in [5, 5.41) is 3.38. The van der Waals surface area contributed by atoms with Crippen LogP contribution in [0.1, 0.15) is 26.2 Å². The topological polar surface area (TPSA) is 47.6 Å². The first-order valence-electron chi connectivity index (χ1n) is 6.67. The number of anilines is 1. The lowest BCUT2D eigenvalue weighted by Gasteiger charge is -2.32. The Morgan fingerprint density at radius 2 is 2.16 bits per heavy atom. The van der Waals surface area contributed by atoms with E-state index in [1.54, 1.807) is 7.11 Å². The summed E-state index contributed by atoms with van der Waals surface area (Å²) in [6.45, 7) is 2.02. The van der Waals surface area contributed by atoms with E-state index in [1.165, 1.54) is 7.11 Å². The number of methoxy groups -OCH3 is 2. The maximum absolute atomic E-state index is 12.2. The van der Waals surface area contributed by atoms with Gasteiger partial charge >= 0.3 is 5.97 Å². The SMILES string of the molecule is CCC(Nc1cccc(OC)c1)(C(=O)OC)C1CC1. The molecular formula is C15H21NO3. The van der Waals surface area contributed by atoms with Crippen molar-refractivity contribution in [2.75, 3.05) is 19.5 Å². The Hall–Kier alpha value is -1.71. The smallest absolute Gasteiger partial charge is 0.331 e. The van der Waals surface area contributed by atoms with E-state index in [9.17, 15) is 4.79 Å². The second kappa shape index (κ2) is 5.51. The van der Waals surface area contributed by atoms with E-state index in [0.717, 1.165) is 24.3 Å². The van der Waals surface area contributed by atoms with E-state index in [0.29, 0.717) is 12.3 Å². The van der Waals surface area contributed by atoms with Gasteiger partial charge < -0.3 is 14.8 Å². The Balaban J connectivity index is 2.26. The number of benzene rings is 1. The van der Waals surface area contributed by atoms with E-state index < -0.39 is 5.54 Å². The molecule has 1 aliphatic carbocycles. The minimum Gasteiger partial charge on any atom is -0.497 e. The molecule has 1 unspecified atom stereocenters. The molecule has 0 heterocycles. The summed E-state index contributed by atoms with van der Waals surface area (Å²) in [6.07, 6.45) is 2.85. The summed E-state index contributed by atoms with van der Waals surface area (Å²) in [7, 11) is 3.08. The van der Waals surface area contributed by atoms with Crippen LogP contribution in [0.4, 0.5) is 5.69 Å². The van der Waals surface area contributed by atoms with Crippen molar-refractivity contribution in [3.63, 3.8) is 0 Å². The fourth-order valence-corrected chi connectivity index (χ4v) is 2.56. The van der Waals surface area contributed by atoms with Crippen molar-refractivity contribution in [1.82, 2.24) is 0 Å². The van der Waals surface area contributed by atoms with Crippen molar-refractivity contribution < 1.29 is 14.3 Å².